The lowest BCUT2D eigenvalue weighted by atomic mass is 9.80. The van der Waals surface area contributed by atoms with Gasteiger partial charge in [-0.2, -0.15) is 0 Å². The van der Waals surface area contributed by atoms with Gasteiger partial charge in [-0.05, 0) is 51.5 Å². The van der Waals surface area contributed by atoms with Crippen LogP contribution in [0.15, 0.2) is 24.3 Å². The molecule has 4 nitrogen and oxygen atoms in total. The number of benzene rings is 1. The standard InChI is InChI=1S/C21H27FN2O2/c1-13(15-7-9-17(10-8-15)23-11-16(22)12-23)24-14(2)20(21(25)26)18-5-3-4-6-19(18)24/h3-6,13,15-17H,7-12H2,1-2H3,(H,25,26)/t13-,15?,17?/m1/s1. The Morgan fingerprint density at radius 1 is 1.19 bits per heavy atom. The minimum Gasteiger partial charge on any atom is -0.478 e. The van der Waals surface area contributed by atoms with E-state index in [2.05, 4.69) is 16.4 Å². The monoisotopic (exact) mass is 358 g/mol. The molecule has 0 bridgehead atoms. The Balaban J connectivity index is 1.56. The number of hydrogen-bond donors (Lipinski definition) is 1. The molecule has 0 unspecified atom stereocenters. The molecule has 2 heterocycles. The van der Waals surface area contributed by atoms with E-state index in [1.807, 2.05) is 31.2 Å². The number of halogens is 1. The van der Waals surface area contributed by atoms with Gasteiger partial charge < -0.3 is 9.67 Å². The number of aromatic nitrogens is 1. The third kappa shape index (κ3) is 2.82. The van der Waals surface area contributed by atoms with Crippen molar-refractivity contribution in [3.63, 3.8) is 0 Å². The summed E-state index contributed by atoms with van der Waals surface area (Å²) in [5.74, 6) is -0.322. The Hall–Kier alpha value is -1.88. The normalized spacial score (nSPS) is 26.0. The van der Waals surface area contributed by atoms with Crippen LogP contribution in [0.25, 0.3) is 10.9 Å². The lowest BCUT2D eigenvalue weighted by Gasteiger charge is -2.44. The number of carboxylic acid groups (broad SMARTS) is 1. The Labute approximate surface area is 153 Å². The van der Waals surface area contributed by atoms with E-state index in [-0.39, 0.29) is 6.04 Å². The van der Waals surface area contributed by atoms with Gasteiger partial charge >= 0.3 is 5.97 Å². The average molecular weight is 358 g/mol. The fourth-order valence-corrected chi connectivity index (χ4v) is 5.10. The zero-order valence-electron chi connectivity index (χ0n) is 15.5. The number of aromatic carboxylic acids is 1. The van der Waals surface area contributed by atoms with Gasteiger partial charge in [0.25, 0.3) is 0 Å². The molecule has 2 fully saturated rings. The van der Waals surface area contributed by atoms with Gasteiger partial charge in [-0.3, -0.25) is 4.90 Å². The predicted octanol–water partition coefficient (Wildman–Crippen LogP) is 4.42. The van der Waals surface area contributed by atoms with Crippen LogP contribution >= 0.6 is 0 Å². The molecule has 2 aromatic rings. The second-order valence-electron chi connectivity index (χ2n) is 8.01. The molecule has 1 N–H and O–H groups in total. The first-order chi connectivity index (χ1) is 12.5. The second-order valence-corrected chi connectivity index (χ2v) is 8.01. The number of fused-ring (bicyclic) bond motifs is 1. The summed E-state index contributed by atoms with van der Waals surface area (Å²) in [5, 5.41) is 10.5. The SMILES string of the molecule is Cc1c(C(=O)O)c2ccccc2n1[C@H](C)C1CCC(N2CC(F)C2)CC1. The highest BCUT2D eigenvalue weighted by molar-refractivity contribution is 6.05. The molecule has 5 heteroatoms. The molecule has 0 radical (unpaired) electrons. The third-order valence-corrected chi connectivity index (χ3v) is 6.58. The minimum absolute atomic E-state index is 0.263. The highest BCUT2D eigenvalue weighted by atomic mass is 19.1. The van der Waals surface area contributed by atoms with Crippen molar-refractivity contribution in [3.8, 4) is 0 Å². The second kappa shape index (κ2) is 6.69. The molecule has 1 aromatic heterocycles. The first-order valence-corrected chi connectivity index (χ1v) is 9.68. The zero-order valence-corrected chi connectivity index (χ0v) is 15.5. The fraction of sp³-hybridized carbons (Fsp3) is 0.571. The van der Waals surface area contributed by atoms with Gasteiger partial charge in [-0.15, -0.1) is 0 Å². The maximum absolute atomic E-state index is 13.1. The van der Waals surface area contributed by atoms with Crippen molar-refractivity contribution in [2.45, 2.75) is 57.8 Å². The van der Waals surface area contributed by atoms with E-state index in [1.165, 1.54) is 0 Å². The number of likely N-dealkylation sites (tertiary alicyclic amines) is 1. The maximum atomic E-state index is 13.1. The van der Waals surface area contributed by atoms with Crippen LogP contribution in [0.1, 0.15) is 54.7 Å². The molecule has 26 heavy (non-hydrogen) atoms. The van der Waals surface area contributed by atoms with E-state index in [0.717, 1.165) is 42.3 Å². The molecule has 140 valence electrons. The van der Waals surface area contributed by atoms with Crippen LogP contribution in [0.2, 0.25) is 0 Å². The van der Waals surface area contributed by atoms with E-state index in [1.54, 1.807) is 0 Å². The fourth-order valence-electron chi connectivity index (χ4n) is 5.10. The summed E-state index contributed by atoms with van der Waals surface area (Å²) in [6.45, 7) is 5.35. The van der Waals surface area contributed by atoms with Gasteiger partial charge in [0.1, 0.15) is 6.17 Å². The molecular weight excluding hydrogens is 331 g/mol. The topological polar surface area (TPSA) is 45.5 Å². The van der Waals surface area contributed by atoms with Gasteiger partial charge in [0.2, 0.25) is 0 Å². The van der Waals surface area contributed by atoms with Crippen molar-refractivity contribution in [1.29, 1.82) is 0 Å². The molecule has 1 atom stereocenters. The van der Waals surface area contributed by atoms with Crippen LogP contribution in [0.3, 0.4) is 0 Å². The van der Waals surface area contributed by atoms with E-state index in [9.17, 15) is 14.3 Å². The third-order valence-electron chi connectivity index (χ3n) is 6.58. The molecule has 1 aliphatic carbocycles. The van der Waals surface area contributed by atoms with Crippen LogP contribution in [0.4, 0.5) is 4.39 Å². The smallest absolute Gasteiger partial charge is 0.338 e. The quantitative estimate of drug-likeness (QED) is 0.880. The van der Waals surface area contributed by atoms with Crippen molar-refractivity contribution in [2.24, 2.45) is 5.92 Å². The van der Waals surface area contributed by atoms with Crippen molar-refractivity contribution in [3.05, 3.63) is 35.5 Å². The van der Waals surface area contributed by atoms with Gasteiger partial charge in [-0.25, -0.2) is 9.18 Å². The molecule has 4 rings (SSSR count). The van der Waals surface area contributed by atoms with Gasteiger partial charge in [0, 0.05) is 41.8 Å². The minimum atomic E-state index is -0.855. The molecular formula is C21H27FN2O2. The largest absolute Gasteiger partial charge is 0.478 e. The van der Waals surface area contributed by atoms with Crippen molar-refractivity contribution in [2.75, 3.05) is 13.1 Å². The molecule has 1 aromatic carbocycles. The number of rotatable bonds is 4. The number of alkyl halides is 1. The number of carboxylic acids is 1. The molecule has 1 saturated carbocycles. The summed E-state index contributed by atoms with van der Waals surface area (Å²) in [6.07, 6.45) is 3.84. The molecule has 2 aliphatic rings. The lowest BCUT2D eigenvalue weighted by molar-refractivity contribution is 0.00542. The molecule has 1 aliphatic heterocycles. The van der Waals surface area contributed by atoms with Crippen LogP contribution < -0.4 is 0 Å². The first kappa shape index (κ1) is 17.5. The van der Waals surface area contributed by atoms with Crippen molar-refractivity contribution < 1.29 is 14.3 Å². The number of hydrogen-bond acceptors (Lipinski definition) is 2. The van der Waals surface area contributed by atoms with Crippen LogP contribution in [0, 0.1) is 12.8 Å². The number of carbonyl (C=O) groups is 1. The maximum Gasteiger partial charge on any atom is 0.338 e. The van der Waals surface area contributed by atoms with E-state index >= 15 is 0 Å². The average Bonchev–Trinajstić information content (AvgIpc) is 2.90. The zero-order chi connectivity index (χ0) is 18.4. The summed E-state index contributed by atoms with van der Waals surface area (Å²) in [6, 6.07) is 8.60. The number of nitrogens with zero attached hydrogens (tertiary/aromatic N) is 2. The number of para-hydroxylation sites is 1. The predicted molar refractivity (Wildman–Crippen MR) is 101 cm³/mol. The van der Waals surface area contributed by atoms with E-state index < -0.39 is 12.1 Å². The first-order valence-electron chi connectivity index (χ1n) is 9.68. The van der Waals surface area contributed by atoms with Crippen LogP contribution in [-0.2, 0) is 0 Å². The van der Waals surface area contributed by atoms with E-state index in [0.29, 0.717) is 30.6 Å². The summed E-state index contributed by atoms with van der Waals surface area (Å²) < 4.78 is 15.3. The van der Waals surface area contributed by atoms with Gasteiger partial charge in [0.15, 0.2) is 0 Å². The summed E-state index contributed by atoms with van der Waals surface area (Å²) in [5.41, 5.74) is 2.28. The van der Waals surface area contributed by atoms with Crippen LogP contribution in [0.5, 0.6) is 0 Å². The molecule has 0 spiro atoms. The summed E-state index contributed by atoms with van der Waals surface area (Å²) in [4.78, 5) is 14.1. The van der Waals surface area contributed by atoms with Crippen molar-refractivity contribution in [1.82, 2.24) is 9.47 Å². The Kier molecular flexibility index (Phi) is 4.51. The lowest BCUT2D eigenvalue weighted by Crippen LogP contribution is -2.54. The Morgan fingerprint density at radius 3 is 2.46 bits per heavy atom. The Morgan fingerprint density at radius 2 is 1.85 bits per heavy atom. The van der Waals surface area contributed by atoms with Crippen LogP contribution in [-0.4, -0.2) is 45.8 Å². The highest BCUT2D eigenvalue weighted by Gasteiger charge is 2.36. The summed E-state index contributed by atoms with van der Waals surface area (Å²) >= 11 is 0. The van der Waals surface area contributed by atoms with Crippen molar-refractivity contribution >= 4 is 16.9 Å². The summed E-state index contributed by atoms with van der Waals surface area (Å²) in [7, 11) is 0. The molecule has 1 saturated heterocycles. The highest BCUT2D eigenvalue weighted by Crippen LogP contribution is 2.39. The van der Waals surface area contributed by atoms with Gasteiger partial charge in [-0.1, -0.05) is 18.2 Å². The van der Waals surface area contributed by atoms with Gasteiger partial charge in [0.05, 0.1) is 5.56 Å². The molecule has 0 amide bonds. The van der Waals surface area contributed by atoms with E-state index in [4.69, 9.17) is 0 Å². The Bertz CT molecular complexity index is 817.